The molecule has 0 aliphatic carbocycles. The number of nitrogens with zero attached hydrogens (tertiary/aromatic N) is 1. The predicted octanol–water partition coefficient (Wildman–Crippen LogP) is 3.76. The van der Waals surface area contributed by atoms with Crippen LogP contribution in [0.1, 0.15) is 27.5 Å². The van der Waals surface area contributed by atoms with Gasteiger partial charge >= 0.3 is 0 Å². The summed E-state index contributed by atoms with van der Waals surface area (Å²) in [4.78, 5) is 12.1. The number of hydrazine groups is 1. The molecule has 27 heavy (non-hydrogen) atoms. The normalized spacial score (nSPS) is 11.2. The van der Waals surface area contributed by atoms with Crippen LogP contribution in [0.2, 0.25) is 0 Å². The molecule has 0 bridgehead atoms. The number of carbonyl (C=O) groups excluding carboxylic acids is 1. The summed E-state index contributed by atoms with van der Waals surface area (Å²) < 4.78 is 5.74. The number of carbonyl (C=O) groups is 1. The molecule has 1 amide bonds. The van der Waals surface area contributed by atoms with Crippen LogP contribution in [0.15, 0.2) is 84.9 Å². The van der Waals surface area contributed by atoms with E-state index in [1.807, 2.05) is 48.5 Å². The van der Waals surface area contributed by atoms with Crippen molar-refractivity contribution in [3.05, 3.63) is 102 Å². The highest BCUT2D eigenvalue weighted by atomic mass is 16.5. The minimum atomic E-state index is -0.666. The zero-order valence-electron chi connectivity index (χ0n) is 14.6. The van der Waals surface area contributed by atoms with E-state index in [1.54, 1.807) is 36.4 Å². The van der Waals surface area contributed by atoms with E-state index in [0.29, 0.717) is 17.9 Å². The minimum Gasteiger partial charge on any atom is -0.489 e. The number of ether oxygens (including phenoxy) is 1. The Morgan fingerprint density at radius 1 is 0.926 bits per heavy atom. The fourth-order valence-electron chi connectivity index (χ4n) is 2.49. The highest BCUT2D eigenvalue weighted by Gasteiger charge is 2.12. The van der Waals surface area contributed by atoms with Crippen molar-refractivity contribution in [3.8, 4) is 11.8 Å². The molecule has 3 aromatic rings. The monoisotopic (exact) mass is 357 g/mol. The van der Waals surface area contributed by atoms with Crippen LogP contribution in [0.3, 0.4) is 0 Å². The third kappa shape index (κ3) is 5.18. The van der Waals surface area contributed by atoms with E-state index in [0.717, 1.165) is 11.1 Å². The zero-order valence-corrected chi connectivity index (χ0v) is 14.6. The number of benzene rings is 3. The molecule has 5 heteroatoms. The quantitative estimate of drug-likeness (QED) is 0.631. The highest BCUT2D eigenvalue weighted by Crippen LogP contribution is 2.18. The maximum Gasteiger partial charge on any atom is 0.265 e. The average molecular weight is 357 g/mol. The molecule has 0 heterocycles. The Labute approximate surface area is 158 Å². The Kier molecular flexibility index (Phi) is 6.18. The molecule has 0 radical (unpaired) electrons. The average Bonchev–Trinajstić information content (AvgIpc) is 2.74. The molecule has 1 atom stereocenters. The van der Waals surface area contributed by atoms with Gasteiger partial charge in [0, 0.05) is 5.56 Å². The van der Waals surface area contributed by atoms with Gasteiger partial charge in [0.05, 0.1) is 6.07 Å². The first-order valence-electron chi connectivity index (χ1n) is 8.53. The lowest BCUT2D eigenvalue weighted by molar-refractivity contribution is 0.0929. The van der Waals surface area contributed by atoms with Gasteiger partial charge < -0.3 is 4.74 Å². The van der Waals surface area contributed by atoms with Crippen LogP contribution in [0.25, 0.3) is 0 Å². The van der Waals surface area contributed by atoms with Crippen molar-refractivity contribution >= 4 is 5.91 Å². The lowest BCUT2D eigenvalue weighted by Crippen LogP contribution is -2.39. The lowest BCUT2D eigenvalue weighted by atomic mass is 10.1. The van der Waals surface area contributed by atoms with Crippen molar-refractivity contribution in [1.82, 2.24) is 10.9 Å². The molecular formula is C22H19N3O2. The molecule has 134 valence electrons. The molecule has 5 nitrogen and oxygen atoms in total. The fourth-order valence-corrected chi connectivity index (χ4v) is 2.49. The van der Waals surface area contributed by atoms with Crippen molar-refractivity contribution in [1.29, 1.82) is 5.26 Å². The molecule has 0 fully saturated rings. The lowest BCUT2D eigenvalue weighted by Gasteiger charge is -2.14. The van der Waals surface area contributed by atoms with Crippen molar-refractivity contribution in [2.24, 2.45) is 0 Å². The number of hydrogen-bond acceptors (Lipinski definition) is 4. The Morgan fingerprint density at radius 3 is 2.19 bits per heavy atom. The van der Waals surface area contributed by atoms with Gasteiger partial charge in [0.15, 0.2) is 0 Å². The van der Waals surface area contributed by atoms with E-state index in [1.165, 1.54) is 0 Å². The summed E-state index contributed by atoms with van der Waals surface area (Å²) in [5.41, 5.74) is 7.67. The third-order valence-electron chi connectivity index (χ3n) is 3.96. The van der Waals surface area contributed by atoms with Gasteiger partial charge in [-0.25, -0.2) is 5.43 Å². The maximum atomic E-state index is 12.1. The van der Waals surface area contributed by atoms with E-state index >= 15 is 0 Å². The summed E-state index contributed by atoms with van der Waals surface area (Å²) in [5.74, 6) is 0.422. The van der Waals surface area contributed by atoms with E-state index in [-0.39, 0.29) is 5.91 Å². The van der Waals surface area contributed by atoms with Crippen LogP contribution in [-0.2, 0) is 6.61 Å². The van der Waals surface area contributed by atoms with Crippen LogP contribution in [0.4, 0.5) is 0 Å². The topological polar surface area (TPSA) is 74.2 Å². The first kappa shape index (κ1) is 18.2. The van der Waals surface area contributed by atoms with Gasteiger partial charge in [-0.2, -0.15) is 5.26 Å². The second-order valence-electron chi connectivity index (χ2n) is 5.87. The number of amides is 1. The van der Waals surface area contributed by atoms with E-state index in [4.69, 9.17) is 4.74 Å². The van der Waals surface area contributed by atoms with E-state index in [9.17, 15) is 10.1 Å². The zero-order chi connectivity index (χ0) is 18.9. The van der Waals surface area contributed by atoms with Crippen molar-refractivity contribution in [2.75, 3.05) is 0 Å². The molecule has 2 N–H and O–H groups in total. The predicted molar refractivity (Wildman–Crippen MR) is 103 cm³/mol. The van der Waals surface area contributed by atoms with Crippen LogP contribution in [0.5, 0.6) is 5.75 Å². The van der Waals surface area contributed by atoms with Crippen LogP contribution in [0, 0.1) is 11.3 Å². The first-order chi connectivity index (χ1) is 13.3. The molecule has 0 saturated heterocycles. The molecule has 3 rings (SSSR count). The van der Waals surface area contributed by atoms with Gasteiger partial charge in [-0.1, -0.05) is 60.7 Å². The smallest absolute Gasteiger partial charge is 0.265 e. The molecule has 0 aromatic heterocycles. The number of nitriles is 1. The first-order valence-corrected chi connectivity index (χ1v) is 8.53. The molecule has 0 unspecified atom stereocenters. The van der Waals surface area contributed by atoms with Crippen LogP contribution in [-0.4, -0.2) is 5.91 Å². The molecule has 0 aliphatic rings. The number of nitrogens with one attached hydrogen (secondary N) is 2. The molecule has 0 spiro atoms. The minimum absolute atomic E-state index is 0.293. The second kappa shape index (κ2) is 9.18. The van der Waals surface area contributed by atoms with Crippen molar-refractivity contribution in [3.63, 3.8) is 0 Å². The molecular weight excluding hydrogens is 338 g/mol. The van der Waals surface area contributed by atoms with E-state index < -0.39 is 6.04 Å². The van der Waals surface area contributed by atoms with Crippen LogP contribution >= 0.6 is 0 Å². The van der Waals surface area contributed by atoms with Crippen molar-refractivity contribution < 1.29 is 9.53 Å². The largest absolute Gasteiger partial charge is 0.489 e. The Bertz CT molecular complexity index is 904. The Morgan fingerprint density at radius 2 is 1.56 bits per heavy atom. The summed E-state index contributed by atoms with van der Waals surface area (Å²) in [6.45, 7) is 0.479. The summed E-state index contributed by atoms with van der Waals surface area (Å²) in [6, 6.07) is 27.4. The second-order valence-corrected chi connectivity index (χ2v) is 5.87. The Hall–Kier alpha value is -3.62. The van der Waals surface area contributed by atoms with Gasteiger partial charge in [-0.05, 0) is 35.4 Å². The fraction of sp³-hybridized carbons (Fsp3) is 0.0909. The van der Waals surface area contributed by atoms with Gasteiger partial charge in [0.25, 0.3) is 5.91 Å². The molecule has 0 aliphatic heterocycles. The summed E-state index contributed by atoms with van der Waals surface area (Å²) in [7, 11) is 0. The van der Waals surface area contributed by atoms with Gasteiger partial charge in [0.2, 0.25) is 0 Å². The number of hydrogen-bond donors (Lipinski definition) is 2. The summed E-state index contributed by atoms with van der Waals surface area (Å²) >= 11 is 0. The summed E-state index contributed by atoms with van der Waals surface area (Å²) in [5, 5.41) is 9.39. The molecule has 3 aromatic carbocycles. The maximum absolute atomic E-state index is 12.1. The summed E-state index contributed by atoms with van der Waals surface area (Å²) in [6.07, 6.45) is 0. The van der Waals surface area contributed by atoms with Gasteiger partial charge in [-0.15, -0.1) is 0 Å². The highest BCUT2D eigenvalue weighted by molar-refractivity contribution is 5.93. The van der Waals surface area contributed by atoms with Crippen LogP contribution < -0.4 is 15.6 Å². The van der Waals surface area contributed by atoms with Crippen molar-refractivity contribution in [2.45, 2.75) is 12.6 Å². The molecule has 0 saturated carbocycles. The number of rotatable bonds is 7. The van der Waals surface area contributed by atoms with Gasteiger partial charge in [-0.3, -0.25) is 10.2 Å². The van der Waals surface area contributed by atoms with Gasteiger partial charge in [0.1, 0.15) is 18.4 Å². The Balaban J connectivity index is 1.56. The third-order valence-corrected chi connectivity index (χ3v) is 3.96. The standard InChI is InChI=1S/C22H19N3O2/c23-15-21(24-25-22(26)19-9-5-2-6-10-19)18-11-13-20(14-12-18)27-16-17-7-3-1-4-8-17/h1-14,21,24H,16H2,(H,25,26)/t21-/m0/s1. The van der Waals surface area contributed by atoms with E-state index in [2.05, 4.69) is 16.9 Å². The SMILES string of the molecule is N#C[C@H](NNC(=O)c1ccccc1)c1ccc(OCc2ccccc2)cc1.